The standard InChI is InChI=1S/C15H12Br2F3N/c1-2-21-15(9-4-3-8(18)7-11(9)17)13-12(19)6-5-10(16)14(13)20/h3-7,15,21H,2H2,1H3. The maximum Gasteiger partial charge on any atom is 0.145 e. The second-order valence-corrected chi connectivity index (χ2v) is 6.12. The highest BCUT2D eigenvalue weighted by atomic mass is 79.9. The molecular weight excluding hydrogens is 411 g/mol. The van der Waals surface area contributed by atoms with Crippen LogP contribution in [0.4, 0.5) is 13.2 Å². The predicted octanol–water partition coefficient (Wildman–Crippen LogP) is 5.33. The molecule has 0 aromatic heterocycles. The zero-order valence-corrected chi connectivity index (χ0v) is 14.2. The summed E-state index contributed by atoms with van der Waals surface area (Å²) in [5, 5.41) is 3.03. The molecule has 2 aromatic carbocycles. The van der Waals surface area contributed by atoms with E-state index in [1.165, 1.54) is 30.3 Å². The molecule has 0 aliphatic heterocycles. The van der Waals surface area contributed by atoms with Gasteiger partial charge in [0, 0.05) is 10.0 Å². The molecule has 0 bridgehead atoms. The highest BCUT2D eigenvalue weighted by Crippen LogP contribution is 2.34. The van der Waals surface area contributed by atoms with E-state index in [9.17, 15) is 13.2 Å². The first-order valence-electron chi connectivity index (χ1n) is 6.27. The van der Waals surface area contributed by atoms with Gasteiger partial charge in [0.15, 0.2) is 0 Å². The first-order valence-corrected chi connectivity index (χ1v) is 7.86. The SMILES string of the molecule is CCNC(c1ccc(F)cc1Br)c1c(F)ccc(Br)c1F. The van der Waals surface area contributed by atoms with Crippen LogP contribution >= 0.6 is 31.9 Å². The largest absolute Gasteiger partial charge is 0.306 e. The molecule has 6 heteroatoms. The van der Waals surface area contributed by atoms with E-state index in [1.807, 2.05) is 6.92 Å². The number of halogens is 5. The van der Waals surface area contributed by atoms with Crippen molar-refractivity contribution < 1.29 is 13.2 Å². The van der Waals surface area contributed by atoms with Crippen molar-refractivity contribution in [1.29, 1.82) is 0 Å². The number of benzene rings is 2. The Kier molecular flexibility index (Phi) is 5.46. The third kappa shape index (κ3) is 3.49. The van der Waals surface area contributed by atoms with Gasteiger partial charge < -0.3 is 5.32 Å². The molecule has 0 saturated heterocycles. The van der Waals surface area contributed by atoms with Gasteiger partial charge in [-0.15, -0.1) is 0 Å². The van der Waals surface area contributed by atoms with E-state index in [-0.39, 0.29) is 10.0 Å². The summed E-state index contributed by atoms with van der Waals surface area (Å²) in [6.45, 7) is 2.33. The van der Waals surface area contributed by atoms with Gasteiger partial charge in [0.25, 0.3) is 0 Å². The Morgan fingerprint density at radius 2 is 1.76 bits per heavy atom. The number of hydrogen-bond donors (Lipinski definition) is 1. The molecule has 1 atom stereocenters. The minimum atomic E-state index is -0.720. The number of hydrogen-bond acceptors (Lipinski definition) is 1. The minimum absolute atomic E-state index is 0.0986. The fourth-order valence-corrected chi connectivity index (χ4v) is 3.04. The van der Waals surface area contributed by atoms with Gasteiger partial charge in [-0.05, 0) is 52.3 Å². The van der Waals surface area contributed by atoms with E-state index in [1.54, 1.807) is 0 Å². The number of rotatable bonds is 4. The molecule has 1 nitrogen and oxygen atoms in total. The summed E-state index contributed by atoms with van der Waals surface area (Å²) in [6.07, 6.45) is 0. The van der Waals surface area contributed by atoms with Gasteiger partial charge in [0.1, 0.15) is 17.5 Å². The maximum absolute atomic E-state index is 14.3. The van der Waals surface area contributed by atoms with E-state index < -0.39 is 23.5 Å². The van der Waals surface area contributed by atoms with Crippen LogP contribution in [0.5, 0.6) is 0 Å². The molecule has 0 heterocycles. The van der Waals surface area contributed by atoms with Crippen molar-refractivity contribution in [1.82, 2.24) is 5.32 Å². The van der Waals surface area contributed by atoms with Crippen molar-refractivity contribution >= 4 is 31.9 Å². The lowest BCUT2D eigenvalue weighted by atomic mass is 9.97. The van der Waals surface area contributed by atoms with Crippen molar-refractivity contribution in [2.24, 2.45) is 0 Å². The first kappa shape index (κ1) is 16.5. The molecule has 2 aromatic rings. The summed E-state index contributed by atoms with van der Waals surface area (Å²) in [6, 6.07) is 5.83. The first-order chi connectivity index (χ1) is 9.95. The maximum atomic E-state index is 14.3. The average molecular weight is 423 g/mol. The van der Waals surface area contributed by atoms with Crippen molar-refractivity contribution in [2.45, 2.75) is 13.0 Å². The second kappa shape index (κ2) is 6.94. The normalized spacial score (nSPS) is 12.5. The van der Waals surface area contributed by atoms with Gasteiger partial charge in [0.2, 0.25) is 0 Å². The van der Waals surface area contributed by atoms with Gasteiger partial charge in [-0.3, -0.25) is 0 Å². The van der Waals surface area contributed by atoms with Crippen molar-refractivity contribution in [3.05, 3.63) is 67.9 Å². The van der Waals surface area contributed by atoms with Crippen LogP contribution in [0.25, 0.3) is 0 Å². The van der Waals surface area contributed by atoms with Crippen molar-refractivity contribution in [2.75, 3.05) is 6.54 Å². The van der Waals surface area contributed by atoms with E-state index in [2.05, 4.69) is 37.2 Å². The Morgan fingerprint density at radius 1 is 1.05 bits per heavy atom. The highest BCUT2D eigenvalue weighted by molar-refractivity contribution is 9.10. The molecule has 0 spiro atoms. The molecule has 2 rings (SSSR count). The lowest BCUT2D eigenvalue weighted by molar-refractivity contribution is 0.506. The van der Waals surface area contributed by atoms with Gasteiger partial charge in [-0.2, -0.15) is 0 Å². The van der Waals surface area contributed by atoms with Crippen LogP contribution in [-0.2, 0) is 0 Å². The summed E-state index contributed by atoms with van der Waals surface area (Å²) in [5.74, 6) is -1.74. The molecule has 0 amide bonds. The fraction of sp³-hybridized carbons (Fsp3) is 0.200. The Balaban J connectivity index is 2.61. The van der Waals surface area contributed by atoms with Gasteiger partial charge in [-0.1, -0.05) is 28.9 Å². The van der Waals surface area contributed by atoms with Crippen LogP contribution in [-0.4, -0.2) is 6.54 Å². The molecule has 0 aliphatic carbocycles. The van der Waals surface area contributed by atoms with E-state index in [0.717, 1.165) is 0 Å². The summed E-state index contributed by atoms with van der Waals surface area (Å²) >= 11 is 6.31. The summed E-state index contributed by atoms with van der Waals surface area (Å²) in [7, 11) is 0. The molecule has 1 N–H and O–H groups in total. The van der Waals surface area contributed by atoms with Crippen LogP contribution in [0.2, 0.25) is 0 Å². The Bertz CT molecular complexity index is 662. The topological polar surface area (TPSA) is 12.0 Å². The van der Waals surface area contributed by atoms with E-state index in [0.29, 0.717) is 16.6 Å². The zero-order chi connectivity index (χ0) is 15.6. The number of nitrogens with one attached hydrogen (secondary N) is 1. The van der Waals surface area contributed by atoms with Crippen molar-refractivity contribution in [3.8, 4) is 0 Å². The Labute approximate surface area is 137 Å². The Hall–Kier alpha value is -0.850. The second-order valence-electron chi connectivity index (χ2n) is 4.41. The third-order valence-electron chi connectivity index (χ3n) is 3.05. The average Bonchev–Trinajstić information content (AvgIpc) is 2.43. The fourth-order valence-electron chi connectivity index (χ4n) is 2.11. The molecule has 0 fully saturated rings. The zero-order valence-electron chi connectivity index (χ0n) is 11.1. The summed E-state index contributed by atoms with van der Waals surface area (Å²) in [4.78, 5) is 0. The highest BCUT2D eigenvalue weighted by Gasteiger charge is 2.24. The van der Waals surface area contributed by atoms with Crippen LogP contribution in [0.15, 0.2) is 39.3 Å². The molecule has 21 heavy (non-hydrogen) atoms. The van der Waals surface area contributed by atoms with E-state index in [4.69, 9.17) is 0 Å². The lowest BCUT2D eigenvalue weighted by Crippen LogP contribution is -2.24. The van der Waals surface area contributed by atoms with Crippen LogP contribution < -0.4 is 5.32 Å². The molecule has 112 valence electrons. The predicted molar refractivity (Wildman–Crippen MR) is 83.7 cm³/mol. The quantitative estimate of drug-likeness (QED) is 0.656. The van der Waals surface area contributed by atoms with Gasteiger partial charge >= 0.3 is 0 Å². The molecule has 0 aliphatic rings. The van der Waals surface area contributed by atoms with Crippen LogP contribution in [0.1, 0.15) is 24.1 Å². The van der Waals surface area contributed by atoms with E-state index >= 15 is 0 Å². The smallest absolute Gasteiger partial charge is 0.145 e. The molecule has 1 unspecified atom stereocenters. The minimum Gasteiger partial charge on any atom is -0.306 e. The Morgan fingerprint density at radius 3 is 2.38 bits per heavy atom. The third-order valence-corrected chi connectivity index (χ3v) is 4.35. The molecular formula is C15H12Br2F3N. The monoisotopic (exact) mass is 421 g/mol. The van der Waals surface area contributed by atoms with Gasteiger partial charge in [0.05, 0.1) is 10.5 Å². The van der Waals surface area contributed by atoms with Crippen LogP contribution in [0, 0.1) is 17.5 Å². The molecule has 0 radical (unpaired) electrons. The van der Waals surface area contributed by atoms with Gasteiger partial charge in [-0.25, -0.2) is 13.2 Å². The summed E-state index contributed by atoms with van der Waals surface area (Å²) < 4.78 is 42.3. The lowest BCUT2D eigenvalue weighted by Gasteiger charge is -2.22. The molecule has 0 saturated carbocycles. The summed E-state index contributed by atoms with van der Waals surface area (Å²) in [5.41, 5.74) is 0.465. The van der Waals surface area contributed by atoms with Crippen LogP contribution in [0.3, 0.4) is 0 Å². The van der Waals surface area contributed by atoms with Crippen molar-refractivity contribution in [3.63, 3.8) is 0 Å².